The lowest BCUT2D eigenvalue weighted by Crippen LogP contribution is -2.09. The zero-order valence-corrected chi connectivity index (χ0v) is 14.8. The molecule has 0 saturated heterocycles. The number of rotatable bonds is 3. The first kappa shape index (κ1) is 18.0. The summed E-state index contributed by atoms with van der Waals surface area (Å²) in [6.45, 7) is 0. The van der Waals surface area contributed by atoms with Gasteiger partial charge in [0.15, 0.2) is 15.7 Å². The van der Waals surface area contributed by atoms with Crippen molar-refractivity contribution in [3.05, 3.63) is 42.4 Å². The first-order valence-corrected chi connectivity index (χ1v) is 9.54. The molecule has 28 heavy (non-hydrogen) atoms. The van der Waals surface area contributed by atoms with Crippen LogP contribution in [0.5, 0.6) is 0 Å². The third-order valence-electron chi connectivity index (χ3n) is 3.95. The molecule has 0 atom stereocenters. The third kappa shape index (κ3) is 2.98. The lowest BCUT2D eigenvalue weighted by Gasteiger charge is -2.12. The Balaban J connectivity index is 2.01. The van der Waals surface area contributed by atoms with E-state index >= 15 is 0 Å². The van der Waals surface area contributed by atoms with Gasteiger partial charge in [0.2, 0.25) is 5.78 Å². The second kappa shape index (κ2) is 6.09. The SMILES string of the molecule is CS(=O)(=O)c1cccc(-c2cnc3nc(C(F)(F)F)ccn23)c1-c1nnn[nH]1. The highest BCUT2D eigenvalue weighted by Gasteiger charge is 2.33. The van der Waals surface area contributed by atoms with Gasteiger partial charge in [0.25, 0.3) is 0 Å². The zero-order chi connectivity index (χ0) is 20.1. The fourth-order valence-corrected chi connectivity index (χ4v) is 3.69. The number of imidazole rings is 1. The predicted octanol–water partition coefficient (Wildman–Crippen LogP) is 2.00. The fraction of sp³-hybridized carbons (Fsp3) is 0.133. The third-order valence-corrected chi connectivity index (χ3v) is 5.09. The van der Waals surface area contributed by atoms with E-state index in [1.165, 1.54) is 28.9 Å². The Morgan fingerprint density at radius 1 is 1.18 bits per heavy atom. The Hall–Kier alpha value is -3.35. The van der Waals surface area contributed by atoms with E-state index in [-0.39, 0.29) is 22.1 Å². The zero-order valence-electron chi connectivity index (χ0n) is 14.0. The summed E-state index contributed by atoms with van der Waals surface area (Å²) >= 11 is 0. The molecule has 0 unspecified atom stereocenters. The van der Waals surface area contributed by atoms with E-state index < -0.39 is 21.7 Å². The average Bonchev–Trinajstić information content (AvgIpc) is 3.28. The molecule has 0 aliphatic rings. The van der Waals surface area contributed by atoms with Gasteiger partial charge in [0.1, 0.15) is 5.69 Å². The van der Waals surface area contributed by atoms with Crippen molar-refractivity contribution in [2.45, 2.75) is 11.1 Å². The lowest BCUT2D eigenvalue weighted by molar-refractivity contribution is -0.141. The van der Waals surface area contributed by atoms with Crippen LogP contribution in [0.3, 0.4) is 0 Å². The largest absolute Gasteiger partial charge is 0.433 e. The number of halogens is 3. The summed E-state index contributed by atoms with van der Waals surface area (Å²) in [4.78, 5) is 7.40. The second-order valence-electron chi connectivity index (χ2n) is 5.82. The minimum absolute atomic E-state index is 0.0432. The molecule has 4 aromatic rings. The Morgan fingerprint density at radius 2 is 1.96 bits per heavy atom. The molecule has 1 aromatic carbocycles. The number of alkyl halides is 3. The molecule has 3 heterocycles. The van der Waals surface area contributed by atoms with E-state index in [1.807, 2.05) is 0 Å². The summed E-state index contributed by atoms with van der Waals surface area (Å²) in [5.74, 6) is -0.0953. The van der Waals surface area contributed by atoms with Crippen LogP contribution in [-0.4, -0.2) is 49.7 Å². The maximum atomic E-state index is 12.9. The number of hydrogen-bond donors (Lipinski definition) is 1. The second-order valence-corrected chi connectivity index (χ2v) is 7.81. The molecular weight excluding hydrogens is 399 g/mol. The molecule has 0 fully saturated rings. The highest BCUT2D eigenvalue weighted by Crippen LogP contribution is 2.36. The first-order chi connectivity index (χ1) is 13.2. The van der Waals surface area contributed by atoms with Gasteiger partial charge < -0.3 is 0 Å². The first-order valence-electron chi connectivity index (χ1n) is 7.65. The van der Waals surface area contributed by atoms with Crippen LogP contribution < -0.4 is 0 Å². The molecule has 13 heteroatoms. The van der Waals surface area contributed by atoms with E-state index in [2.05, 4.69) is 30.6 Å². The van der Waals surface area contributed by atoms with Crippen molar-refractivity contribution in [2.75, 3.05) is 6.26 Å². The number of nitrogens with one attached hydrogen (secondary N) is 1. The van der Waals surface area contributed by atoms with Crippen LogP contribution in [0.25, 0.3) is 28.4 Å². The smallest absolute Gasteiger partial charge is 0.284 e. The molecule has 0 amide bonds. The predicted molar refractivity (Wildman–Crippen MR) is 89.7 cm³/mol. The van der Waals surface area contributed by atoms with Gasteiger partial charge in [-0.05, 0) is 22.6 Å². The van der Waals surface area contributed by atoms with E-state index in [0.717, 1.165) is 12.3 Å². The van der Waals surface area contributed by atoms with Crippen molar-refractivity contribution < 1.29 is 21.6 Å². The number of H-pyrrole nitrogens is 1. The van der Waals surface area contributed by atoms with Crippen LogP contribution in [0.15, 0.2) is 41.6 Å². The Morgan fingerprint density at radius 3 is 2.61 bits per heavy atom. The Kier molecular flexibility index (Phi) is 3.92. The summed E-state index contributed by atoms with van der Waals surface area (Å²) in [6, 6.07) is 5.30. The highest BCUT2D eigenvalue weighted by atomic mass is 32.2. The number of nitrogens with zero attached hydrogens (tertiary/aromatic N) is 6. The molecule has 4 rings (SSSR count). The van der Waals surface area contributed by atoms with Crippen LogP contribution in [-0.2, 0) is 16.0 Å². The van der Waals surface area contributed by atoms with Gasteiger partial charge in [-0.15, -0.1) is 5.10 Å². The average molecular weight is 409 g/mol. The highest BCUT2D eigenvalue weighted by molar-refractivity contribution is 7.90. The van der Waals surface area contributed by atoms with Crippen molar-refractivity contribution in [1.29, 1.82) is 0 Å². The summed E-state index contributed by atoms with van der Waals surface area (Å²) < 4.78 is 64.5. The number of aromatic nitrogens is 7. The molecule has 0 saturated carbocycles. The maximum absolute atomic E-state index is 12.9. The Bertz CT molecular complexity index is 1280. The van der Waals surface area contributed by atoms with Gasteiger partial charge in [-0.1, -0.05) is 12.1 Å². The molecule has 0 radical (unpaired) electrons. The summed E-state index contributed by atoms with van der Waals surface area (Å²) in [7, 11) is -3.66. The lowest BCUT2D eigenvalue weighted by atomic mass is 10.0. The molecule has 0 spiro atoms. The molecule has 0 aliphatic carbocycles. The number of aromatic amines is 1. The molecular formula is C15H10F3N7O2S. The number of fused-ring (bicyclic) bond motifs is 1. The van der Waals surface area contributed by atoms with Crippen molar-refractivity contribution in [3.63, 3.8) is 0 Å². The van der Waals surface area contributed by atoms with Crippen molar-refractivity contribution in [3.8, 4) is 22.6 Å². The normalized spacial score (nSPS) is 12.6. The van der Waals surface area contributed by atoms with Crippen LogP contribution in [0.2, 0.25) is 0 Å². The minimum atomic E-state index is -4.61. The van der Waals surface area contributed by atoms with Crippen molar-refractivity contribution >= 4 is 15.6 Å². The fourth-order valence-electron chi connectivity index (χ4n) is 2.79. The van der Waals surface area contributed by atoms with Crippen LogP contribution in [0.4, 0.5) is 13.2 Å². The van der Waals surface area contributed by atoms with Crippen molar-refractivity contribution in [1.82, 2.24) is 35.0 Å². The summed E-state index contributed by atoms with van der Waals surface area (Å²) in [5, 5.41) is 13.2. The standard InChI is InChI=1S/C15H10F3N7O2S/c1-28(26,27)10-4-2-3-8(12(10)13-21-23-24-22-13)9-7-19-14-20-11(15(16,17)18)5-6-25(9)14/h2-7H,1H3,(H,21,22,23,24). The van der Waals surface area contributed by atoms with Crippen LogP contribution in [0.1, 0.15) is 5.69 Å². The molecule has 0 bridgehead atoms. The van der Waals surface area contributed by atoms with Gasteiger partial charge in [0.05, 0.1) is 16.8 Å². The number of sulfone groups is 1. The van der Waals surface area contributed by atoms with Gasteiger partial charge in [0, 0.05) is 23.6 Å². The van der Waals surface area contributed by atoms with Crippen LogP contribution in [0, 0.1) is 0 Å². The molecule has 1 N–H and O–H groups in total. The molecule has 0 aliphatic heterocycles. The van der Waals surface area contributed by atoms with E-state index in [4.69, 9.17) is 0 Å². The molecule has 144 valence electrons. The molecule has 3 aromatic heterocycles. The number of tetrazole rings is 1. The Labute approximate surface area is 155 Å². The van der Waals surface area contributed by atoms with Gasteiger partial charge in [-0.2, -0.15) is 13.2 Å². The number of benzene rings is 1. The van der Waals surface area contributed by atoms with E-state index in [1.54, 1.807) is 6.07 Å². The van der Waals surface area contributed by atoms with Crippen molar-refractivity contribution in [2.24, 2.45) is 0 Å². The number of hydrogen-bond acceptors (Lipinski definition) is 7. The van der Waals surface area contributed by atoms with Crippen LogP contribution >= 0.6 is 0 Å². The van der Waals surface area contributed by atoms with E-state index in [0.29, 0.717) is 11.3 Å². The van der Waals surface area contributed by atoms with Gasteiger partial charge in [-0.3, -0.25) is 4.40 Å². The topological polar surface area (TPSA) is 119 Å². The van der Waals surface area contributed by atoms with Gasteiger partial charge >= 0.3 is 6.18 Å². The monoisotopic (exact) mass is 409 g/mol. The van der Waals surface area contributed by atoms with Gasteiger partial charge in [-0.25, -0.2) is 23.5 Å². The summed E-state index contributed by atoms with van der Waals surface area (Å²) in [6.07, 6.45) is -1.11. The van der Waals surface area contributed by atoms with E-state index in [9.17, 15) is 21.6 Å². The molecule has 9 nitrogen and oxygen atoms in total. The quantitative estimate of drug-likeness (QED) is 0.550. The maximum Gasteiger partial charge on any atom is 0.433 e. The summed E-state index contributed by atoms with van der Waals surface area (Å²) in [5.41, 5.74) is -0.220. The minimum Gasteiger partial charge on any atom is -0.284 e.